The molecule has 4 rings (SSSR count). The summed E-state index contributed by atoms with van der Waals surface area (Å²) in [6, 6.07) is 9.59. The summed E-state index contributed by atoms with van der Waals surface area (Å²) in [4.78, 5) is 16.7. The average Bonchev–Trinajstić information content (AvgIpc) is 2.93. The molecule has 2 aromatic rings. The van der Waals surface area contributed by atoms with E-state index in [1.807, 2.05) is 30.3 Å². The van der Waals surface area contributed by atoms with Gasteiger partial charge in [-0.1, -0.05) is 39.0 Å². The van der Waals surface area contributed by atoms with E-state index in [9.17, 15) is 4.79 Å². The Kier molecular flexibility index (Phi) is 3.75. The first kappa shape index (κ1) is 16.4. The minimum Gasteiger partial charge on any atom is -0.480 e. The van der Waals surface area contributed by atoms with Gasteiger partial charge in [0.25, 0.3) is 0 Å². The van der Waals surface area contributed by atoms with Gasteiger partial charge in [0, 0.05) is 17.0 Å². The molecule has 2 fully saturated rings. The van der Waals surface area contributed by atoms with Crippen LogP contribution >= 0.6 is 0 Å². The molecule has 0 aliphatic heterocycles. The maximum absolute atomic E-state index is 12.4. The number of pyridine rings is 1. The third-order valence-electron chi connectivity index (χ3n) is 6.93. The van der Waals surface area contributed by atoms with Crippen LogP contribution in [0.4, 0.5) is 0 Å². The zero-order chi connectivity index (χ0) is 17.7. The van der Waals surface area contributed by atoms with Gasteiger partial charge >= 0.3 is 5.97 Å². The van der Waals surface area contributed by atoms with Crippen molar-refractivity contribution in [1.82, 2.24) is 4.98 Å². The van der Waals surface area contributed by atoms with Crippen LogP contribution in [0.25, 0.3) is 10.9 Å². The highest BCUT2D eigenvalue weighted by Crippen LogP contribution is 2.66. The van der Waals surface area contributed by atoms with E-state index < -0.39 is 0 Å². The smallest absolute Gasteiger partial charge is 0.344 e. The second-order valence-electron chi connectivity index (χ2n) is 8.21. The molecule has 0 radical (unpaired) electrons. The number of benzene rings is 1. The highest BCUT2D eigenvalue weighted by atomic mass is 16.6. The van der Waals surface area contributed by atoms with Gasteiger partial charge in [-0.3, -0.25) is 4.98 Å². The predicted molar refractivity (Wildman–Crippen MR) is 96.3 cm³/mol. The van der Waals surface area contributed by atoms with Crippen LogP contribution in [0.3, 0.4) is 0 Å². The molecule has 2 unspecified atom stereocenters. The number of carbonyl (C=O) groups excluding carboxylic acids is 1. The molecular weight excluding hydrogens is 314 g/mol. The lowest BCUT2D eigenvalue weighted by atomic mass is 9.70. The summed E-state index contributed by atoms with van der Waals surface area (Å²) in [5.74, 6) is 0.982. The number of rotatable bonds is 4. The first-order valence-electron chi connectivity index (χ1n) is 9.08. The van der Waals surface area contributed by atoms with Gasteiger partial charge in [0.1, 0.15) is 17.4 Å². The number of carbonyl (C=O) groups is 1. The van der Waals surface area contributed by atoms with E-state index in [1.165, 1.54) is 6.42 Å². The first-order valence-corrected chi connectivity index (χ1v) is 9.08. The normalized spacial score (nSPS) is 29.7. The van der Waals surface area contributed by atoms with Gasteiger partial charge in [-0.2, -0.15) is 0 Å². The predicted octanol–water partition coefficient (Wildman–Crippen LogP) is 4.37. The van der Waals surface area contributed by atoms with Crippen LogP contribution in [0.2, 0.25) is 0 Å². The fourth-order valence-corrected chi connectivity index (χ4v) is 4.83. The standard InChI is InChI=1S/C21H25NO3/c1-20(2)15-9-10-21(20,3)17(12-15)25-18(23)13-24-16-8-4-6-14-7-5-11-22-19(14)16/h4-8,11,15,17H,9-10,12-13H2,1-3H3/t15?,17?,21-/m1/s1. The third kappa shape index (κ3) is 2.50. The Morgan fingerprint density at radius 2 is 2.04 bits per heavy atom. The van der Waals surface area contributed by atoms with E-state index in [1.54, 1.807) is 6.20 Å². The fraction of sp³-hybridized carbons (Fsp3) is 0.524. The number of para-hydroxylation sites is 1. The molecule has 0 N–H and O–H groups in total. The number of hydrogen-bond acceptors (Lipinski definition) is 4. The van der Waals surface area contributed by atoms with Gasteiger partial charge in [0.15, 0.2) is 6.61 Å². The second kappa shape index (κ2) is 5.72. The van der Waals surface area contributed by atoms with Crippen molar-refractivity contribution in [3.63, 3.8) is 0 Å². The molecule has 25 heavy (non-hydrogen) atoms. The van der Waals surface area contributed by atoms with Crippen LogP contribution in [0.15, 0.2) is 36.5 Å². The summed E-state index contributed by atoms with van der Waals surface area (Å²) in [6.07, 6.45) is 5.09. The van der Waals surface area contributed by atoms with Crippen molar-refractivity contribution >= 4 is 16.9 Å². The van der Waals surface area contributed by atoms with Gasteiger partial charge < -0.3 is 9.47 Å². The van der Waals surface area contributed by atoms with Crippen molar-refractivity contribution < 1.29 is 14.3 Å². The highest BCUT2D eigenvalue weighted by molar-refractivity contribution is 5.84. The average molecular weight is 339 g/mol. The van der Waals surface area contributed by atoms with Crippen molar-refractivity contribution in [2.45, 2.75) is 46.1 Å². The molecule has 2 saturated carbocycles. The molecule has 3 atom stereocenters. The molecule has 4 nitrogen and oxygen atoms in total. The quantitative estimate of drug-likeness (QED) is 0.776. The van der Waals surface area contributed by atoms with E-state index in [4.69, 9.17) is 9.47 Å². The lowest BCUT2D eigenvalue weighted by Crippen LogP contribution is -2.39. The minimum absolute atomic E-state index is 0.00277. The van der Waals surface area contributed by atoms with Crippen molar-refractivity contribution in [2.24, 2.45) is 16.7 Å². The zero-order valence-corrected chi connectivity index (χ0v) is 15.1. The molecule has 2 aliphatic rings. The lowest BCUT2D eigenvalue weighted by Gasteiger charge is -2.38. The number of hydrogen-bond donors (Lipinski definition) is 0. The van der Waals surface area contributed by atoms with E-state index in [-0.39, 0.29) is 29.5 Å². The molecule has 0 saturated heterocycles. The third-order valence-corrected chi connectivity index (χ3v) is 6.93. The van der Waals surface area contributed by atoms with Crippen LogP contribution in [-0.2, 0) is 9.53 Å². The molecule has 2 aliphatic carbocycles. The molecule has 1 heterocycles. The maximum Gasteiger partial charge on any atom is 0.344 e. The molecule has 0 spiro atoms. The SMILES string of the molecule is CC1(C)C2CC[C@]1(C)C(OC(=O)COc1cccc3cccnc13)C2. The maximum atomic E-state index is 12.4. The molecule has 0 amide bonds. The summed E-state index contributed by atoms with van der Waals surface area (Å²) in [6.45, 7) is 6.83. The lowest BCUT2D eigenvalue weighted by molar-refractivity contribution is -0.159. The topological polar surface area (TPSA) is 48.4 Å². The van der Waals surface area contributed by atoms with Crippen molar-refractivity contribution in [3.8, 4) is 5.75 Å². The summed E-state index contributed by atoms with van der Waals surface area (Å²) in [5.41, 5.74) is 1.08. The molecule has 1 aromatic carbocycles. The zero-order valence-electron chi connectivity index (χ0n) is 15.1. The van der Waals surface area contributed by atoms with Crippen LogP contribution in [0.1, 0.15) is 40.0 Å². The van der Waals surface area contributed by atoms with Crippen molar-refractivity contribution in [3.05, 3.63) is 36.5 Å². The minimum atomic E-state index is -0.289. The Balaban J connectivity index is 1.42. The molecule has 2 bridgehead atoms. The molecule has 1 aromatic heterocycles. The molecule has 4 heteroatoms. The van der Waals surface area contributed by atoms with Gasteiger partial charge in [-0.05, 0) is 42.7 Å². The van der Waals surface area contributed by atoms with Gasteiger partial charge in [0.2, 0.25) is 0 Å². The number of fused-ring (bicyclic) bond motifs is 3. The van der Waals surface area contributed by atoms with Crippen LogP contribution < -0.4 is 4.74 Å². The van der Waals surface area contributed by atoms with Crippen LogP contribution in [0.5, 0.6) is 5.75 Å². The van der Waals surface area contributed by atoms with Crippen LogP contribution in [0, 0.1) is 16.7 Å². The molecule has 132 valence electrons. The van der Waals surface area contributed by atoms with Gasteiger partial charge in [0.05, 0.1) is 0 Å². The van der Waals surface area contributed by atoms with E-state index in [0.29, 0.717) is 11.7 Å². The number of aromatic nitrogens is 1. The Morgan fingerprint density at radius 3 is 2.76 bits per heavy atom. The Hall–Kier alpha value is -2.10. The second-order valence-corrected chi connectivity index (χ2v) is 8.21. The Morgan fingerprint density at radius 1 is 1.24 bits per heavy atom. The van der Waals surface area contributed by atoms with E-state index in [2.05, 4.69) is 25.8 Å². The van der Waals surface area contributed by atoms with Gasteiger partial charge in [-0.15, -0.1) is 0 Å². The Bertz CT molecular complexity index is 810. The number of nitrogens with zero attached hydrogens (tertiary/aromatic N) is 1. The van der Waals surface area contributed by atoms with Crippen molar-refractivity contribution in [2.75, 3.05) is 6.61 Å². The van der Waals surface area contributed by atoms with Gasteiger partial charge in [-0.25, -0.2) is 4.79 Å². The number of ether oxygens (including phenoxy) is 2. The molecular formula is C21H25NO3. The van der Waals surface area contributed by atoms with Crippen LogP contribution in [-0.4, -0.2) is 23.7 Å². The fourth-order valence-electron chi connectivity index (χ4n) is 4.83. The Labute approximate surface area is 148 Å². The monoisotopic (exact) mass is 339 g/mol. The summed E-state index contributed by atoms with van der Waals surface area (Å²) in [7, 11) is 0. The van der Waals surface area contributed by atoms with E-state index >= 15 is 0 Å². The van der Waals surface area contributed by atoms with E-state index in [0.717, 1.165) is 23.7 Å². The summed E-state index contributed by atoms with van der Waals surface area (Å²) >= 11 is 0. The summed E-state index contributed by atoms with van der Waals surface area (Å²) < 4.78 is 11.6. The number of esters is 1. The summed E-state index contributed by atoms with van der Waals surface area (Å²) in [5, 5.41) is 0.996. The first-order chi connectivity index (χ1) is 11.9. The highest BCUT2D eigenvalue weighted by Gasteiger charge is 2.62. The largest absolute Gasteiger partial charge is 0.480 e. The van der Waals surface area contributed by atoms with Crippen molar-refractivity contribution in [1.29, 1.82) is 0 Å².